The topological polar surface area (TPSA) is 111 Å². The minimum Gasteiger partial charge on any atom is -0.469 e. The molecule has 7 heteroatoms. The van der Waals surface area contributed by atoms with Gasteiger partial charge < -0.3 is 9.47 Å². The normalized spacial score (nSPS) is 42.0. The zero-order valence-electron chi connectivity index (χ0n) is 27.1. The molecule has 3 fully saturated rings. The first kappa shape index (κ1) is 32.2. The maximum Gasteiger partial charge on any atom is 0.312 e. The summed E-state index contributed by atoms with van der Waals surface area (Å²) in [5.74, 6) is -1.07. The molecule has 0 N–H and O–H groups in total. The van der Waals surface area contributed by atoms with Crippen molar-refractivity contribution < 1.29 is 28.7 Å². The molecule has 42 heavy (non-hydrogen) atoms. The zero-order chi connectivity index (χ0) is 31.5. The van der Waals surface area contributed by atoms with Crippen molar-refractivity contribution in [3.8, 4) is 6.07 Å². The standard InChI is InChI=1S/C35H49NO6/c1-22(37)16-27-32(6)17-24(20-36)28(39)33(7,21-42-23(2)38)26(32)10-11-34(27,8)31(5)13-15-35(29(40)41-9)14-12-30(3,4)18-25(35)19-31/h16-17,25-26H,10-15,18-19,21H2,1-9H3/b27-16-/t25?,26-,31-,32+,33+,34-,35+/m1/s1. The predicted molar refractivity (Wildman–Crippen MR) is 159 cm³/mol. The van der Waals surface area contributed by atoms with E-state index in [1.54, 1.807) is 26.0 Å². The van der Waals surface area contributed by atoms with Gasteiger partial charge in [0.05, 0.1) is 23.5 Å². The highest BCUT2D eigenvalue weighted by Crippen LogP contribution is 2.71. The van der Waals surface area contributed by atoms with Crippen molar-refractivity contribution in [2.45, 2.75) is 107 Å². The number of nitrogens with zero attached hydrogens (tertiary/aromatic N) is 1. The molecule has 0 bridgehead atoms. The number of allylic oxidation sites excluding steroid dienone is 4. The van der Waals surface area contributed by atoms with Crippen molar-refractivity contribution >= 4 is 23.5 Å². The first-order chi connectivity index (χ1) is 19.3. The molecule has 0 saturated heterocycles. The van der Waals surface area contributed by atoms with Crippen LogP contribution in [0.5, 0.6) is 0 Å². The quantitative estimate of drug-likeness (QED) is 0.263. The van der Waals surface area contributed by atoms with Gasteiger partial charge in [-0.15, -0.1) is 0 Å². The number of carbonyl (C=O) groups is 4. The number of Topliss-reactive ketones (excluding diaryl/α,β-unsaturated/α-hetero) is 1. The van der Waals surface area contributed by atoms with Crippen LogP contribution >= 0.6 is 0 Å². The van der Waals surface area contributed by atoms with Gasteiger partial charge in [0.25, 0.3) is 0 Å². The molecule has 4 rings (SSSR count). The van der Waals surface area contributed by atoms with E-state index in [-0.39, 0.29) is 52.4 Å². The average molecular weight is 580 g/mol. The summed E-state index contributed by atoms with van der Waals surface area (Å²) in [5.41, 5.74) is -1.93. The Balaban J connectivity index is 1.86. The number of carbonyl (C=O) groups excluding carboxylic acids is 4. The monoisotopic (exact) mass is 579 g/mol. The smallest absolute Gasteiger partial charge is 0.312 e. The van der Waals surface area contributed by atoms with Gasteiger partial charge in [0.1, 0.15) is 12.7 Å². The van der Waals surface area contributed by atoms with E-state index < -0.39 is 27.6 Å². The van der Waals surface area contributed by atoms with Gasteiger partial charge in [-0.05, 0) is 99.4 Å². The second-order valence-corrected chi connectivity index (χ2v) is 15.5. The van der Waals surface area contributed by atoms with Crippen LogP contribution in [0.4, 0.5) is 0 Å². The molecule has 0 spiro atoms. The van der Waals surface area contributed by atoms with Gasteiger partial charge in [0.2, 0.25) is 0 Å². The molecular weight excluding hydrogens is 530 g/mol. The number of fused-ring (bicyclic) bond motifs is 2. The van der Waals surface area contributed by atoms with Crippen LogP contribution in [-0.2, 0) is 28.7 Å². The van der Waals surface area contributed by atoms with Crippen LogP contribution in [0.2, 0.25) is 0 Å². The van der Waals surface area contributed by atoms with Crippen molar-refractivity contribution in [1.82, 2.24) is 0 Å². The van der Waals surface area contributed by atoms with E-state index in [4.69, 9.17) is 9.47 Å². The van der Waals surface area contributed by atoms with Crippen molar-refractivity contribution in [2.75, 3.05) is 13.7 Å². The van der Waals surface area contributed by atoms with E-state index in [0.717, 1.165) is 50.5 Å². The molecule has 0 amide bonds. The SMILES string of the molecule is COC(=O)[C@]12CCC(C)(C)CC1C[C@](C)([C@]1(C)CC[C@H]3[C@](C)(COC(C)=O)C(=O)C(C#N)=C[C@]3(C)/C1=C/C(C)=O)CC2. The second-order valence-electron chi connectivity index (χ2n) is 15.5. The lowest BCUT2D eigenvalue weighted by Gasteiger charge is -2.65. The lowest BCUT2D eigenvalue weighted by molar-refractivity contribution is -0.174. The Morgan fingerprint density at radius 2 is 1.64 bits per heavy atom. The minimum absolute atomic E-state index is 0.0506. The van der Waals surface area contributed by atoms with E-state index in [2.05, 4.69) is 33.8 Å². The summed E-state index contributed by atoms with van der Waals surface area (Å²) in [7, 11) is 1.50. The Hall–Kier alpha value is -2.75. The number of hydrogen-bond acceptors (Lipinski definition) is 7. The molecule has 0 aromatic carbocycles. The summed E-state index contributed by atoms with van der Waals surface area (Å²) < 4.78 is 10.9. The molecule has 0 aromatic rings. The Kier molecular flexibility index (Phi) is 8.01. The molecule has 3 saturated carbocycles. The Morgan fingerprint density at radius 3 is 2.21 bits per heavy atom. The van der Waals surface area contributed by atoms with Gasteiger partial charge in [-0.3, -0.25) is 19.2 Å². The van der Waals surface area contributed by atoms with E-state index in [0.29, 0.717) is 6.42 Å². The number of nitriles is 1. The lowest BCUT2D eigenvalue weighted by Crippen LogP contribution is -2.60. The first-order valence-electron chi connectivity index (χ1n) is 15.5. The van der Waals surface area contributed by atoms with Gasteiger partial charge >= 0.3 is 11.9 Å². The van der Waals surface area contributed by atoms with Gasteiger partial charge in [-0.2, -0.15) is 5.26 Å². The van der Waals surface area contributed by atoms with Gasteiger partial charge in [-0.25, -0.2) is 0 Å². The Labute approximate surface area is 251 Å². The zero-order valence-corrected chi connectivity index (χ0v) is 27.1. The molecule has 7 nitrogen and oxygen atoms in total. The summed E-state index contributed by atoms with van der Waals surface area (Å²) >= 11 is 0. The molecule has 4 aliphatic rings. The third kappa shape index (κ3) is 4.77. The fourth-order valence-electron chi connectivity index (χ4n) is 9.83. The van der Waals surface area contributed by atoms with E-state index in [9.17, 15) is 24.4 Å². The molecular formula is C35H49NO6. The van der Waals surface area contributed by atoms with Crippen LogP contribution in [0, 0.1) is 55.7 Å². The number of ether oxygens (including phenoxy) is 2. The number of esters is 2. The van der Waals surface area contributed by atoms with Crippen LogP contribution in [0.15, 0.2) is 23.3 Å². The largest absolute Gasteiger partial charge is 0.469 e. The maximum absolute atomic E-state index is 13.7. The molecule has 230 valence electrons. The highest BCUT2D eigenvalue weighted by atomic mass is 16.5. The van der Waals surface area contributed by atoms with E-state index in [1.165, 1.54) is 14.0 Å². The molecule has 0 aliphatic heterocycles. The predicted octanol–water partition coefficient (Wildman–Crippen LogP) is 6.70. The molecule has 0 heterocycles. The van der Waals surface area contributed by atoms with Crippen LogP contribution in [-0.4, -0.2) is 37.2 Å². The molecule has 7 atom stereocenters. The first-order valence-corrected chi connectivity index (χ1v) is 15.5. The molecule has 0 radical (unpaired) electrons. The van der Waals surface area contributed by atoms with Crippen molar-refractivity contribution in [1.29, 1.82) is 5.26 Å². The lowest BCUT2D eigenvalue weighted by atomic mass is 9.38. The summed E-state index contributed by atoms with van der Waals surface area (Å²) in [5, 5.41) is 10.1. The number of hydrogen-bond donors (Lipinski definition) is 0. The van der Waals surface area contributed by atoms with Crippen molar-refractivity contribution in [2.24, 2.45) is 44.3 Å². The van der Waals surface area contributed by atoms with Crippen LogP contribution < -0.4 is 0 Å². The van der Waals surface area contributed by atoms with Gasteiger partial charge in [0, 0.05) is 12.3 Å². The second kappa shape index (κ2) is 10.5. The summed E-state index contributed by atoms with van der Waals surface area (Å²) in [6, 6.07) is 2.12. The number of rotatable bonds is 5. The van der Waals surface area contributed by atoms with E-state index in [1.807, 2.05) is 6.92 Å². The third-order valence-electron chi connectivity index (χ3n) is 12.4. The van der Waals surface area contributed by atoms with Gasteiger partial charge in [0.15, 0.2) is 11.6 Å². The third-order valence-corrected chi connectivity index (χ3v) is 12.4. The van der Waals surface area contributed by atoms with Crippen molar-refractivity contribution in [3.63, 3.8) is 0 Å². The minimum atomic E-state index is -1.10. The number of ketones is 2. The van der Waals surface area contributed by atoms with Gasteiger partial charge in [-0.1, -0.05) is 46.3 Å². The van der Waals surface area contributed by atoms with E-state index >= 15 is 0 Å². The molecule has 1 unspecified atom stereocenters. The number of methoxy groups -OCH3 is 1. The Bertz CT molecular complexity index is 1300. The van der Waals surface area contributed by atoms with Crippen LogP contribution in [0.3, 0.4) is 0 Å². The highest BCUT2D eigenvalue weighted by Gasteiger charge is 2.66. The summed E-state index contributed by atoms with van der Waals surface area (Å²) in [4.78, 5) is 51.8. The van der Waals surface area contributed by atoms with Crippen molar-refractivity contribution in [3.05, 3.63) is 23.3 Å². The highest BCUT2D eigenvalue weighted by molar-refractivity contribution is 6.05. The summed E-state index contributed by atoms with van der Waals surface area (Å²) in [6.07, 6.45) is 10.1. The fraction of sp³-hybridized carbons (Fsp3) is 0.743. The summed E-state index contributed by atoms with van der Waals surface area (Å²) in [6.45, 7) is 15.7. The van der Waals surface area contributed by atoms with Crippen LogP contribution in [0.1, 0.15) is 107 Å². The maximum atomic E-state index is 13.7. The fourth-order valence-corrected chi connectivity index (χ4v) is 9.83. The Morgan fingerprint density at radius 1 is 1.00 bits per heavy atom. The molecule has 0 aromatic heterocycles. The van der Waals surface area contributed by atoms with Crippen LogP contribution in [0.25, 0.3) is 0 Å². The molecule has 4 aliphatic carbocycles. The average Bonchev–Trinajstić information content (AvgIpc) is 2.90.